The van der Waals surface area contributed by atoms with Gasteiger partial charge in [0.25, 0.3) is 0 Å². The summed E-state index contributed by atoms with van der Waals surface area (Å²) in [6, 6.07) is 0. The van der Waals surface area contributed by atoms with Gasteiger partial charge in [-0.25, -0.2) is 0 Å². The van der Waals surface area contributed by atoms with E-state index in [1.165, 1.54) is 0 Å². The van der Waals surface area contributed by atoms with Gasteiger partial charge in [0.2, 0.25) is 5.91 Å². The fourth-order valence-electron chi connectivity index (χ4n) is 2.76. The molecular weight excluding hydrogens is 256 g/mol. The van der Waals surface area contributed by atoms with E-state index in [0.717, 1.165) is 44.3 Å². The quantitative estimate of drug-likeness (QED) is 0.735. The zero-order valence-corrected chi connectivity index (χ0v) is 12.2. The monoisotopic (exact) mass is 280 g/mol. The first-order valence-corrected chi connectivity index (χ1v) is 7.53. The lowest BCUT2D eigenvalue weighted by Gasteiger charge is -2.26. The maximum absolute atomic E-state index is 12.4. The van der Waals surface area contributed by atoms with E-state index in [1.54, 1.807) is 4.90 Å². The minimum absolute atomic E-state index is 0.0301. The largest absolute Gasteiger partial charge is 0.480 e. The Bertz CT molecular complexity index is 402. The van der Waals surface area contributed by atoms with Crippen LogP contribution in [0.25, 0.3) is 0 Å². The van der Waals surface area contributed by atoms with Gasteiger partial charge in [-0.3, -0.25) is 14.5 Å². The van der Waals surface area contributed by atoms with Crippen molar-refractivity contribution >= 4 is 11.9 Å². The molecule has 20 heavy (non-hydrogen) atoms. The number of nitrogens with zero attached hydrogens (tertiary/aromatic N) is 2. The number of rotatable bonds is 8. The second-order valence-electron chi connectivity index (χ2n) is 5.73. The van der Waals surface area contributed by atoms with Crippen molar-refractivity contribution in [2.75, 3.05) is 26.2 Å². The van der Waals surface area contributed by atoms with Crippen molar-refractivity contribution in [3.63, 3.8) is 0 Å². The third-order valence-corrected chi connectivity index (χ3v) is 3.91. The molecule has 2 aliphatic carbocycles. The SMILES string of the molecule is CCN(C(=O)CN(CC(=O)O)CC1CC1)C1=CCCC1. The van der Waals surface area contributed by atoms with Crippen LogP contribution in [-0.2, 0) is 9.59 Å². The molecule has 112 valence electrons. The lowest BCUT2D eigenvalue weighted by atomic mass is 10.3. The van der Waals surface area contributed by atoms with Crippen LogP contribution in [0.1, 0.15) is 39.0 Å². The van der Waals surface area contributed by atoms with Crippen molar-refractivity contribution in [1.82, 2.24) is 9.80 Å². The molecule has 0 unspecified atom stereocenters. The molecule has 0 atom stereocenters. The number of likely N-dealkylation sites (N-methyl/N-ethyl adjacent to an activating group) is 1. The summed E-state index contributed by atoms with van der Waals surface area (Å²) in [7, 11) is 0. The number of carboxylic acids is 1. The van der Waals surface area contributed by atoms with Crippen LogP contribution >= 0.6 is 0 Å². The van der Waals surface area contributed by atoms with Gasteiger partial charge in [-0.2, -0.15) is 0 Å². The molecule has 0 bridgehead atoms. The number of carboxylic acid groups (broad SMARTS) is 1. The van der Waals surface area contributed by atoms with Crippen LogP contribution in [-0.4, -0.2) is 53.0 Å². The Labute approximate surface area is 120 Å². The molecule has 0 heterocycles. The average Bonchev–Trinajstić information content (AvgIpc) is 3.02. The smallest absolute Gasteiger partial charge is 0.317 e. The lowest BCUT2D eigenvalue weighted by Crippen LogP contribution is -2.42. The normalized spacial score (nSPS) is 18.2. The van der Waals surface area contributed by atoms with Crippen molar-refractivity contribution in [1.29, 1.82) is 0 Å². The van der Waals surface area contributed by atoms with E-state index in [4.69, 9.17) is 5.11 Å². The first-order chi connectivity index (χ1) is 9.60. The third-order valence-electron chi connectivity index (χ3n) is 3.91. The fraction of sp³-hybridized carbons (Fsp3) is 0.733. The molecular formula is C15H24N2O3. The Balaban J connectivity index is 1.92. The zero-order chi connectivity index (χ0) is 14.5. The molecule has 0 radical (unpaired) electrons. The minimum Gasteiger partial charge on any atom is -0.480 e. The van der Waals surface area contributed by atoms with Crippen molar-refractivity contribution in [2.45, 2.75) is 39.0 Å². The molecule has 1 fully saturated rings. The molecule has 1 amide bonds. The number of allylic oxidation sites excluding steroid dienone is 2. The van der Waals surface area contributed by atoms with Gasteiger partial charge in [0.05, 0.1) is 13.1 Å². The van der Waals surface area contributed by atoms with Gasteiger partial charge in [-0.05, 0) is 44.9 Å². The molecule has 0 saturated heterocycles. The second kappa shape index (κ2) is 6.88. The maximum atomic E-state index is 12.4. The van der Waals surface area contributed by atoms with Gasteiger partial charge in [-0.15, -0.1) is 0 Å². The van der Waals surface area contributed by atoms with E-state index in [2.05, 4.69) is 6.08 Å². The Hall–Kier alpha value is -1.36. The molecule has 5 heteroatoms. The van der Waals surface area contributed by atoms with E-state index >= 15 is 0 Å². The van der Waals surface area contributed by atoms with Crippen molar-refractivity contribution < 1.29 is 14.7 Å². The highest BCUT2D eigenvalue weighted by Crippen LogP contribution is 2.29. The van der Waals surface area contributed by atoms with Crippen LogP contribution in [0.4, 0.5) is 0 Å². The summed E-state index contributed by atoms with van der Waals surface area (Å²) in [6.07, 6.45) is 7.56. The summed E-state index contributed by atoms with van der Waals surface area (Å²) in [5.74, 6) is -0.243. The topological polar surface area (TPSA) is 60.9 Å². The van der Waals surface area contributed by atoms with Crippen molar-refractivity contribution in [3.8, 4) is 0 Å². The van der Waals surface area contributed by atoms with Crippen LogP contribution in [0.3, 0.4) is 0 Å². The van der Waals surface area contributed by atoms with Gasteiger partial charge in [0.1, 0.15) is 0 Å². The Morgan fingerprint density at radius 3 is 2.60 bits per heavy atom. The van der Waals surface area contributed by atoms with E-state index in [1.807, 2.05) is 11.8 Å². The van der Waals surface area contributed by atoms with Crippen molar-refractivity contribution in [2.24, 2.45) is 5.92 Å². The van der Waals surface area contributed by atoms with Crippen LogP contribution in [0.15, 0.2) is 11.8 Å². The summed E-state index contributed by atoms with van der Waals surface area (Å²) in [5, 5.41) is 8.96. The zero-order valence-electron chi connectivity index (χ0n) is 12.2. The molecule has 2 rings (SSSR count). The number of aliphatic carboxylic acids is 1. The molecule has 0 spiro atoms. The minimum atomic E-state index is -0.860. The standard InChI is InChI=1S/C15H24N2O3/c1-2-17(13-5-3-4-6-13)14(18)10-16(11-15(19)20)9-12-7-8-12/h5,12H,2-4,6-11H2,1H3,(H,19,20). The molecule has 5 nitrogen and oxygen atoms in total. The summed E-state index contributed by atoms with van der Waals surface area (Å²) in [6.45, 7) is 3.54. The maximum Gasteiger partial charge on any atom is 0.317 e. The number of carbonyl (C=O) groups excluding carboxylic acids is 1. The summed E-state index contributed by atoms with van der Waals surface area (Å²) < 4.78 is 0. The molecule has 1 saturated carbocycles. The number of carbonyl (C=O) groups is 2. The van der Waals surface area contributed by atoms with Gasteiger partial charge < -0.3 is 10.0 Å². The summed E-state index contributed by atoms with van der Waals surface area (Å²) >= 11 is 0. The highest BCUT2D eigenvalue weighted by molar-refractivity contribution is 5.81. The Morgan fingerprint density at radius 1 is 1.35 bits per heavy atom. The number of hydrogen-bond donors (Lipinski definition) is 1. The highest BCUT2D eigenvalue weighted by Gasteiger charge is 2.28. The van der Waals surface area contributed by atoms with Gasteiger partial charge in [0.15, 0.2) is 0 Å². The molecule has 1 N–H and O–H groups in total. The number of hydrogen-bond acceptors (Lipinski definition) is 3. The molecule has 2 aliphatic rings. The Kier molecular flexibility index (Phi) is 5.17. The molecule has 0 aromatic heterocycles. The van der Waals surface area contributed by atoms with E-state index < -0.39 is 5.97 Å². The van der Waals surface area contributed by atoms with E-state index in [9.17, 15) is 9.59 Å². The highest BCUT2D eigenvalue weighted by atomic mass is 16.4. The van der Waals surface area contributed by atoms with Gasteiger partial charge in [0, 0.05) is 18.8 Å². The van der Waals surface area contributed by atoms with E-state index in [-0.39, 0.29) is 19.0 Å². The van der Waals surface area contributed by atoms with Crippen LogP contribution in [0, 0.1) is 5.92 Å². The molecule has 0 aromatic rings. The summed E-state index contributed by atoms with van der Waals surface area (Å²) in [4.78, 5) is 26.9. The van der Waals surface area contributed by atoms with Crippen LogP contribution < -0.4 is 0 Å². The third kappa shape index (κ3) is 4.34. The average molecular weight is 280 g/mol. The van der Waals surface area contributed by atoms with Gasteiger partial charge in [-0.1, -0.05) is 6.08 Å². The predicted octanol–water partition coefficient (Wildman–Crippen LogP) is 1.70. The van der Waals surface area contributed by atoms with Gasteiger partial charge >= 0.3 is 5.97 Å². The van der Waals surface area contributed by atoms with Crippen LogP contribution in [0.5, 0.6) is 0 Å². The lowest BCUT2D eigenvalue weighted by molar-refractivity contribution is -0.139. The first-order valence-electron chi connectivity index (χ1n) is 7.53. The molecule has 0 aromatic carbocycles. The van der Waals surface area contributed by atoms with Crippen LogP contribution in [0.2, 0.25) is 0 Å². The predicted molar refractivity (Wildman–Crippen MR) is 76.1 cm³/mol. The second-order valence-corrected chi connectivity index (χ2v) is 5.73. The van der Waals surface area contributed by atoms with E-state index in [0.29, 0.717) is 12.5 Å². The summed E-state index contributed by atoms with van der Waals surface area (Å²) in [5.41, 5.74) is 1.11. The first kappa shape index (κ1) is 15.0. The number of amides is 1. The Morgan fingerprint density at radius 2 is 2.10 bits per heavy atom. The van der Waals surface area contributed by atoms with Crippen molar-refractivity contribution in [3.05, 3.63) is 11.8 Å². The fourth-order valence-corrected chi connectivity index (χ4v) is 2.76. The molecule has 0 aliphatic heterocycles.